The number of hydrogen-bond donors (Lipinski definition) is 4. The van der Waals surface area contributed by atoms with Crippen molar-refractivity contribution in [2.75, 3.05) is 103 Å². The number of likely N-dealkylation sites (tertiary alicyclic amines) is 1. The number of fused-ring (bicyclic) bond motifs is 2. The van der Waals surface area contributed by atoms with Crippen LogP contribution in [0, 0.1) is 25.6 Å². The average molecular weight is 1190 g/mol. The molecule has 0 bridgehead atoms. The molecular formula is C61H70ClFN10O10S. The van der Waals surface area contributed by atoms with Crippen molar-refractivity contribution in [1.82, 2.24) is 40.1 Å². The highest BCUT2D eigenvalue weighted by Crippen LogP contribution is 2.43. The second kappa shape index (κ2) is 27.9. The summed E-state index contributed by atoms with van der Waals surface area (Å²) in [5.74, 6) is -1.79. The lowest BCUT2D eigenvalue weighted by atomic mass is 9.91. The molecule has 0 saturated carbocycles. The van der Waals surface area contributed by atoms with E-state index in [1.165, 1.54) is 17.0 Å². The molecule has 23 heteroatoms. The number of hydrogen-bond acceptors (Lipinski definition) is 17. The standard InChI is InChI=1S/C61H70ClFN10O10S/c1-7-51(76)71-18-20-72(21-19-71)58-46-32-47(62)54(45-30-42(74)29-41-10-8-9-11-44(41)45)55(63)56(46)67-61(68-58)64-17-16-52(77)70(6)22-23-80-24-25-81-26-27-82-34-48(39-12-14-40(15-13-39)57-38(5)65-35-84-57)66-59(78)49-31-43(75)33-73(49)60(79)53(36(2)3)50-28-37(4)69-83-50/h7-15,28-30,32,35-36,43,48-49,53,74-75H,1,16-27,31,33-34H2,2-6H3,(H,66,78)(H,64,67,68)/t43-,48+,49+,53-/m1/s1. The van der Waals surface area contributed by atoms with Crippen LogP contribution in [0.25, 0.3) is 43.2 Å². The van der Waals surface area contributed by atoms with Gasteiger partial charge in [-0.25, -0.2) is 14.4 Å². The van der Waals surface area contributed by atoms with Gasteiger partial charge in [0.05, 0.1) is 78.6 Å². The highest BCUT2D eigenvalue weighted by Gasteiger charge is 2.44. The van der Waals surface area contributed by atoms with Gasteiger partial charge in [0.1, 0.15) is 34.8 Å². The summed E-state index contributed by atoms with van der Waals surface area (Å²) in [5, 5.41) is 33.5. The monoisotopic (exact) mass is 1190 g/mol. The number of aryl methyl sites for hydroxylation is 2. The summed E-state index contributed by atoms with van der Waals surface area (Å²) in [6.45, 7) is 14.5. The zero-order chi connectivity index (χ0) is 59.6. The molecule has 2 fully saturated rings. The number of carbonyl (C=O) groups is 4. The number of carbonyl (C=O) groups excluding carboxylic acids is 4. The lowest BCUT2D eigenvalue weighted by Gasteiger charge is -2.35. The first-order chi connectivity index (χ1) is 40.5. The number of anilines is 2. The van der Waals surface area contributed by atoms with Gasteiger partial charge in [-0.1, -0.05) is 85.7 Å². The van der Waals surface area contributed by atoms with Crippen LogP contribution in [0.2, 0.25) is 5.02 Å². The number of β-amino-alcohol motifs (C(OH)–C–C–N with tert-alkyl or cyclic N) is 1. The number of phenolic OH excluding ortho intramolecular Hbond substituents is 1. The predicted molar refractivity (Wildman–Crippen MR) is 319 cm³/mol. The number of aliphatic hydroxyl groups is 1. The first-order valence-electron chi connectivity index (χ1n) is 28.0. The van der Waals surface area contributed by atoms with Crippen molar-refractivity contribution in [3.63, 3.8) is 0 Å². The van der Waals surface area contributed by atoms with Gasteiger partial charge in [-0.3, -0.25) is 19.2 Å². The van der Waals surface area contributed by atoms with Gasteiger partial charge in [0, 0.05) is 82.7 Å². The van der Waals surface area contributed by atoms with Gasteiger partial charge in [0.25, 0.3) is 0 Å². The number of aliphatic hydroxyl groups excluding tert-OH is 1. The minimum absolute atomic E-state index is 0.00613. The van der Waals surface area contributed by atoms with Crippen LogP contribution < -0.4 is 15.5 Å². The summed E-state index contributed by atoms with van der Waals surface area (Å²) >= 11 is 8.44. The number of phenols is 1. The van der Waals surface area contributed by atoms with Crippen molar-refractivity contribution in [3.8, 4) is 27.3 Å². The second-order valence-electron chi connectivity index (χ2n) is 21.3. The van der Waals surface area contributed by atoms with E-state index < -0.39 is 35.8 Å². The number of rotatable bonds is 25. The second-order valence-corrected chi connectivity index (χ2v) is 22.5. The number of thiazole rings is 1. The summed E-state index contributed by atoms with van der Waals surface area (Å²) in [4.78, 5) is 75.4. The maximum atomic E-state index is 17.1. The lowest BCUT2D eigenvalue weighted by Crippen LogP contribution is -2.49. The largest absolute Gasteiger partial charge is 0.508 e. The molecule has 444 valence electrons. The fraction of sp³-hybridized carbons (Fsp3) is 0.410. The first kappa shape index (κ1) is 61.0. The number of piperazine rings is 1. The molecule has 0 radical (unpaired) electrons. The fourth-order valence-corrected chi connectivity index (χ4v) is 11.7. The van der Waals surface area contributed by atoms with E-state index in [9.17, 15) is 29.4 Å². The molecule has 5 heterocycles. The topological polar surface area (TPSA) is 238 Å². The molecule has 4 atom stereocenters. The zero-order valence-electron chi connectivity index (χ0n) is 47.7. The number of likely N-dealkylation sites (N-methyl/N-ethyl adjacent to an activating group) is 1. The zero-order valence-corrected chi connectivity index (χ0v) is 49.3. The molecule has 4 aromatic carbocycles. The summed E-state index contributed by atoms with van der Waals surface area (Å²) in [7, 11) is 1.68. The molecular weight excluding hydrogens is 1120 g/mol. The summed E-state index contributed by atoms with van der Waals surface area (Å²) in [5.41, 5.74) is 5.59. The molecule has 0 aliphatic carbocycles. The maximum Gasteiger partial charge on any atom is 0.246 e. The van der Waals surface area contributed by atoms with E-state index in [2.05, 4.69) is 32.3 Å². The Kier molecular flexibility index (Phi) is 20.2. The molecule has 2 aliphatic heterocycles. The van der Waals surface area contributed by atoms with Gasteiger partial charge < -0.3 is 59.2 Å². The molecule has 2 saturated heterocycles. The number of benzene rings is 4. The number of ether oxygens (including phenoxy) is 3. The minimum atomic E-state index is -0.926. The normalized spacial score (nSPS) is 16.1. The quantitative estimate of drug-likeness (QED) is 0.0313. The number of halogens is 2. The number of aromatic nitrogens is 4. The highest BCUT2D eigenvalue weighted by atomic mass is 35.5. The number of amides is 4. The van der Waals surface area contributed by atoms with E-state index in [0.29, 0.717) is 71.7 Å². The van der Waals surface area contributed by atoms with Gasteiger partial charge in [-0.05, 0) is 71.5 Å². The van der Waals surface area contributed by atoms with Crippen LogP contribution in [0.1, 0.15) is 61.4 Å². The summed E-state index contributed by atoms with van der Waals surface area (Å²) < 4.78 is 40.2. The van der Waals surface area contributed by atoms with Crippen LogP contribution in [0.15, 0.2) is 95.5 Å². The Bertz CT molecular complexity index is 3480. The summed E-state index contributed by atoms with van der Waals surface area (Å²) in [6.07, 6.45) is 0.529. The predicted octanol–water partition coefficient (Wildman–Crippen LogP) is 8.08. The molecule has 2 aliphatic rings. The van der Waals surface area contributed by atoms with Crippen molar-refractivity contribution in [2.24, 2.45) is 5.92 Å². The van der Waals surface area contributed by atoms with Crippen LogP contribution in [-0.2, 0) is 33.4 Å². The van der Waals surface area contributed by atoms with Crippen molar-refractivity contribution in [2.45, 2.75) is 64.6 Å². The Morgan fingerprint density at radius 3 is 2.37 bits per heavy atom. The van der Waals surface area contributed by atoms with E-state index in [4.69, 9.17) is 35.3 Å². The Labute approximate surface area is 495 Å². The minimum Gasteiger partial charge on any atom is -0.508 e. The third-order valence-corrected chi connectivity index (χ3v) is 16.4. The Morgan fingerprint density at radius 2 is 1.68 bits per heavy atom. The van der Waals surface area contributed by atoms with Gasteiger partial charge in [-0.15, -0.1) is 11.3 Å². The van der Waals surface area contributed by atoms with Gasteiger partial charge in [-0.2, -0.15) is 4.98 Å². The Balaban J connectivity index is 0.753. The molecule has 4 N–H and O–H groups in total. The van der Waals surface area contributed by atoms with Gasteiger partial charge in [0.15, 0.2) is 5.82 Å². The highest BCUT2D eigenvalue weighted by molar-refractivity contribution is 7.13. The summed E-state index contributed by atoms with van der Waals surface area (Å²) in [6, 6.07) is 20.0. The van der Waals surface area contributed by atoms with Gasteiger partial charge >= 0.3 is 0 Å². The molecule has 0 unspecified atom stereocenters. The van der Waals surface area contributed by atoms with Crippen LogP contribution in [0.3, 0.4) is 0 Å². The molecule has 0 spiro atoms. The van der Waals surface area contributed by atoms with Crippen molar-refractivity contribution < 1.29 is 52.5 Å². The van der Waals surface area contributed by atoms with Crippen molar-refractivity contribution in [1.29, 1.82) is 0 Å². The molecule has 3 aromatic heterocycles. The van der Waals surface area contributed by atoms with Crippen LogP contribution in [-0.4, -0.2) is 173 Å². The van der Waals surface area contributed by atoms with Crippen LogP contribution in [0.5, 0.6) is 5.75 Å². The smallest absolute Gasteiger partial charge is 0.246 e. The first-order valence-corrected chi connectivity index (χ1v) is 29.3. The maximum absolute atomic E-state index is 17.1. The van der Waals surface area contributed by atoms with E-state index in [1.807, 2.05) is 74.2 Å². The molecule has 4 amide bonds. The number of nitrogens with zero attached hydrogens (tertiary/aromatic N) is 8. The van der Waals surface area contributed by atoms with Gasteiger partial charge in [0.2, 0.25) is 29.6 Å². The molecule has 9 rings (SSSR count). The van der Waals surface area contributed by atoms with E-state index in [0.717, 1.165) is 21.7 Å². The van der Waals surface area contributed by atoms with Crippen LogP contribution in [0.4, 0.5) is 16.2 Å². The lowest BCUT2D eigenvalue weighted by molar-refractivity contribution is -0.141. The number of aromatic hydroxyl groups is 1. The third kappa shape index (κ3) is 14.3. The molecule has 20 nitrogen and oxygen atoms in total. The molecule has 84 heavy (non-hydrogen) atoms. The Morgan fingerprint density at radius 1 is 0.952 bits per heavy atom. The van der Waals surface area contributed by atoms with E-state index in [-0.39, 0.29) is 117 Å². The van der Waals surface area contributed by atoms with Crippen molar-refractivity contribution in [3.05, 3.63) is 125 Å². The SMILES string of the molecule is C=CC(=O)N1CCN(c2nc(NCCC(=O)N(C)CCOCCOCCOC[C@H](NC(=O)[C@@H]3C[C@@H](O)CN3C(=O)[C@@H](c3cc(C)no3)C(C)C)c3ccc(-c4scnc4C)cc3)nc3c(F)c(-c4cc(O)cc5ccccc45)c(Cl)cc23)CC1. The van der Waals surface area contributed by atoms with Crippen molar-refractivity contribution >= 4 is 80.0 Å². The Hall–Kier alpha value is -7.60. The van der Waals surface area contributed by atoms with E-state index >= 15 is 4.39 Å². The number of nitrogens with one attached hydrogen (secondary N) is 2. The molecule has 7 aromatic rings. The van der Waals surface area contributed by atoms with Crippen LogP contribution >= 0.6 is 22.9 Å². The van der Waals surface area contributed by atoms with E-state index in [1.54, 1.807) is 58.8 Å². The third-order valence-electron chi connectivity index (χ3n) is 15.1. The fourth-order valence-electron chi connectivity index (χ4n) is 10.6. The average Bonchev–Trinajstić information content (AvgIpc) is 2.35.